The van der Waals surface area contributed by atoms with E-state index in [0.29, 0.717) is 12.1 Å². The van der Waals surface area contributed by atoms with Crippen molar-refractivity contribution in [2.24, 2.45) is 4.99 Å². The van der Waals surface area contributed by atoms with Gasteiger partial charge in [-0.1, -0.05) is 60.7 Å². The summed E-state index contributed by atoms with van der Waals surface area (Å²) in [5.41, 5.74) is 3.03. The lowest BCUT2D eigenvalue weighted by Crippen LogP contribution is -2.32. The van der Waals surface area contributed by atoms with Crippen LogP contribution in [0.1, 0.15) is 22.3 Å². The number of methoxy groups -OCH3 is 1. The molecule has 0 aromatic heterocycles. The van der Waals surface area contributed by atoms with Gasteiger partial charge in [-0.25, -0.2) is 4.99 Å². The number of nitriles is 1. The summed E-state index contributed by atoms with van der Waals surface area (Å²) >= 11 is 0. The third-order valence-corrected chi connectivity index (χ3v) is 4.88. The topological polar surface area (TPSA) is 57.4 Å². The van der Waals surface area contributed by atoms with Crippen molar-refractivity contribution in [1.82, 2.24) is 5.32 Å². The monoisotopic (exact) mass is 353 g/mol. The summed E-state index contributed by atoms with van der Waals surface area (Å²) in [6.45, 7) is 0.615. The molecule has 0 bridgehead atoms. The summed E-state index contributed by atoms with van der Waals surface area (Å²) in [4.78, 5) is 5.13. The Hall–Kier alpha value is -3.58. The van der Waals surface area contributed by atoms with Crippen LogP contribution in [0.2, 0.25) is 0 Å². The first kappa shape index (κ1) is 16.9. The summed E-state index contributed by atoms with van der Waals surface area (Å²) in [7, 11) is 1.68. The maximum Gasteiger partial charge on any atom is 0.134 e. The zero-order valence-corrected chi connectivity index (χ0v) is 15.0. The molecule has 1 atom stereocenters. The van der Waals surface area contributed by atoms with Crippen molar-refractivity contribution in [3.8, 4) is 11.8 Å². The van der Waals surface area contributed by atoms with E-state index in [-0.39, 0.29) is 0 Å². The molecule has 1 aliphatic heterocycles. The number of aliphatic imine (C=N–C) groups is 1. The molecular formula is C23H19N3O. The van der Waals surface area contributed by atoms with Gasteiger partial charge in [0.15, 0.2) is 0 Å². The lowest BCUT2D eigenvalue weighted by Gasteiger charge is -2.28. The van der Waals surface area contributed by atoms with Crippen LogP contribution in [-0.2, 0) is 5.54 Å². The van der Waals surface area contributed by atoms with Gasteiger partial charge in [0.1, 0.15) is 17.1 Å². The predicted molar refractivity (Wildman–Crippen MR) is 106 cm³/mol. The van der Waals surface area contributed by atoms with E-state index in [1.54, 1.807) is 13.2 Å². The molecule has 3 aromatic carbocycles. The van der Waals surface area contributed by atoms with E-state index in [2.05, 4.69) is 29.6 Å². The quantitative estimate of drug-likeness (QED) is 0.775. The highest BCUT2D eigenvalue weighted by Crippen LogP contribution is 2.41. The van der Waals surface area contributed by atoms with Crippen LogP contribution >= 0.6 is 0 Å². The Morgan fingerprint density at radius 1 is 1.00 bits per heavy atom. The highest BCUT2D eigenvalue weighted by atomic mass is 16.5. The zero-order chi connectivity index (χ0) is 18.7. The first-order valence-electron chi connectivity index (χ1n) is 8.80. The molecule has 0 saturated heterocycles. The first-order valence-corrected chi connectivity index (χ1v) is 8.80. The van der Waals surface area contributed by atoms with Crippen molar-refractivity contribution in [3.63, 3.8) is 0 Å². The van der Waals surface area contributed by atoms with Crippen LogP contribution in [0.5, 0.6) is 5.75 Å². The Labute approximate surface area is 158 Å². The minimum absolute atomic E-state index is 0.591. The zero-order valence-electron chi connectivity index (χ0n) is 15.0. The van der Waals surface area contributed by atoms with Crippen molar-refractivity contribution in [3.05, 3.63) is 101 Å². The average molecular weight is 353 g/mol. The van der Waals surface area contributed by atoms with Crippen molar-refractivity contribution in [2.45, 2.75) is 5.54 Å². The van der Waals surface area contributed by atoms with Gasteiger partial charge in [0, 0.05) is 11.1 Å². The van der Waals surface area contributed by atoms with Gasteiger partial charge in [-0.2, -0.15) is 5.26 Å². The molecule has 4 nitrogen and oxygen atoms in total. The number of benzene rings is 3. The molecule has 27 heavy (non-hydrogen) atoms. The molecule has 0 saturated carbocycles. The summed E-state index contributed by atoms with van der Waals surface area (Å²) < 4.78 is 5.64. The number of para-hydroxylation sites is 1. The molecule has 0 fully saturated rings. The van der Waals surface area contributed by atoms with Crippen molar-refractivity contribution in [1.29, 1.82) is 5.26 Å². The SMILES string of the molecule is COc1ccccc1C1(c2ccccc2)CNC(c2cccc(C#N)c2)=N1. The second-order valence-corrected chi connectivity index (χ2v) is 6.43. The molecular weight excluding hydrogens is 334 g/mol. The standard InChI is InChI=1S/C23H19N3O/c1-27-21-13-6-5-12-20(21)23(19-10-3-2-4-11-19)16-25-22(26-23)18-9-7-8-17(14-18)15-24/h2-14H,16H2,1H3,(H,25,26). The minimum atomic E-state index is -0.591. The molecule has 1 unspecified atom stereocenters. The summed E-state index contributed by atoms with van der Waals surface area (Å²) in [6.07, 6.45) is 0. The van der Waals surface area contributed by atoms with E-state index in [1.807, 2.05) is 54.6 Å². The van der Waals surface area contributed by atoms with Gasteiger partial charge >= 0.3 is 0 Å². The van der Waals surface area contributed by atoms with E-state index < -0.39 is 5.54 Å². The molecule has 1 heterocycles. The van der Waals surface area contributed by atoms with Crippen LogP contribution < -0.4 is 10.1 Å². The largest absolute Gasteiger partial charge is 0.496 e. The second-order valence-electron chi connectivity index (χ2n) is 6.43. The van der Waals surface area contributed by atoms with Gasteiger partial charge in [-0.15, -0.1) is 0 Å². The molecule has 3 aromatic rings. The Bertz CT molecular complexity index is 1040. The Morgan fingerprint density at radius 2 is 1.78 bits per heavy atom. The number of nitrogens with zero attached hydrogens (tertiary/aromatic N) is 2. The third-order valence-electron chi connectivity index (χ3n) is 4.88. The fourth-order valence-electron chi connectivity index (χ4n) is 3.56. The number of nitrogens with one attached hydrogen (secondary N) is 1. The fourth-order valence-corrected chi connectivity index (χ4v) is 3.56. The van der Waals surface area contributed by atoms with Gasteiger partial charge < -0.3 is 10.1 Å². The van der Waals surface area contributed by atoms with Crippen molar-refractivity contribution in [2.75, 3.05) is 13.7 Å². The molecule has 0 radical (unpaired) electrons. The van der Waals surface area contributed by atoms with Gasteiger partial charge in [0.25, 0.3) is 0 Å². The van der Waals surface area contributed by atoms with Gasteiger partial charge in [-0.3, -0.25) is 0 Å². The molecule has 0 spiro atoms. The van der Waals surface area contributed by atoms with Crippen LogP contribution in [0.3, 0.4) is 0 Å². The van der Waals surface area contributed by atoms with E-state index in [0.717, 1.165) is 28.3 Å². The van der Waals surface area contributed by atoms with Gasteiger partial charge in [0.05, 0.1) is 25.3 Å². The molecule has 1 N–H and O–H groups in total. The number of rotatable bonds is 4. The van der Waals surface area contributed by atoms with E-state index in [9.17, 15) is 5.26 Å². The smallest absolute Gasteiger partial charge is 0.134 e. The number of hydrogen-bond donors (Lipinski definition) is 1. The second kappa shape index (κ2) is 6.97. The highest BCUT2D eigenvalue weighted by Gasteiger charge is 2.40. The normalized spacial score (nSPS) is 18.3. The summed E-state index contributed by atoms with van der Waals surface area (Å²) in [6, 6.07) is 27.9. The third kappa shape index (κ3) is 2.94. The average Bonchev–Trinajstić information content (AvgIpc) is 3.21. The summed E-state index contributed by atoms with van der Waals surface area (Å²) in [5.74, 6) is 1.58. The maximum atomic E-state index is 9.21. The Morgan fingerprint density at radius 3 is 2.56 bits per heavy atom. The van der Waals surface area contributed by atoms with E-state index in [4.69, 9.17) is 9.73 Å². The van der Waals surface area contributed by atoms with Crippen LogP contribution in [-0.4, -0.2) is 19.5 Å². The lowest BCUT2D eigenvalue weighted by molar-refractivity contribution is 0.397. The first-order chi connectivity index (χ1) is 13.3. The number of hydrogen-bond acceptors (Lipinski definition) is 4. The molecule has 0 aliphatic carbocycles. The van der Waals surface area contributed by atoms with Gasteiger partial charge in [0.2, 0.25) is 0 Å². The van der Waals surface area contributed by atoms with Crippen LogP contribution in [0.25, 0.3) is 0 Å². The molecule has 1 aliphatic rings. The molecule has 4 heteroatoms. The summed E-state index contributed by atoms with van der Waals surface area (Å²) in [5, 5.41) is 12.7. The number of amidine groups is 1. The highest BCUT2D eigenvalue weighted by molar-refractivity contribution is 6.01. The van der Waals surface area contributed by atoms with Crippen LogP contribution in [0.4, 0.5) is 0 Å². The molecule has 132 valence electrons. The maximum absolute atomic E-state index is 9.21. The van der Waals surface area contributed by atoms with E-state index in [1.165, 1.54) is 0 Å². The minimum Gasteiger partial charge on any atom is -0.496 e. The molecule has 0 amide bonds. The van der Waals surface area contributed by atoms with Gasteiger partial charge in [-0.05, 0) is 23.8 Å². The van der Waals surface area contributed by atoms with Crippen molar-refractivity contribution < 1.29 is 4.74 Å². The lowest BCUT2D eigenvalue weighted by atomic mass is 9.83. The van der Waals surface area contributed by atoms with Crippen molar-refractivity contribution >= 4 is 5.84 Å². The fraction of sp³-hybridized carbons (Fsp3) is 0.130. The molecule has 4 rings (SSSR count). The Kier molecular flexibility index (Phi) is 4.35. The van der Waals surface area contributed by atoms with E-state index >= 15 is 0 Å². The predicted octanol–water partition coefficient (Wildman–Crippen LogP) is 3.86. The number of ether oxygens (including phenoxy) is 1. The van der Waals surface area contributed by atoms with Crippen LogP contribution in [0.15, 0.2) is 83.9 Å². The Balaban J connectivity index is 1.91. The van der Waals surface area contributed by atoms with Crippen LogP contribution in [0, 0.1) is 11.3 Å².